The number of aromatic amines is 1. The lowest BCUT2D eigenvalue weighted by Crippen LogP contribution is -2.23. The van der Waals surface area contributed by atoms with Crippen LogP contribution in [0.15, 0.2) is 48.5 Å². The van der Waals surface area contributed by atoms with Crippen LogP contribution in [0.1, 0.15) is 35.8 Å². The minimum absolute atomic E-state index is 0.244. The first-order valence-electron chi connectivity index (χ1n) is 9.92. The van der Waals surface area contributed by atoms with Crippen molar-refractivity contribution in [2.24, 2.45) is 0 Å². The fourth-order valence-electron chi connectivity index (χ4n) is 2.91. The second-order valence-corrected chi connectivity index (χ2v) is 6.75. The van der Waals surface area contributed by atoms with Crippen LogP contribution in [-0.4, -0.2) is 36.9 Å². The second kappa shape index (κ2) is 10.3. The predicted molar refractivity (Wildman–Crippen MR) is 115 cm³/mol. The molecule has 0 atom stereocenters. The van der Waals surface area contributed by atoms with Gasteiger partial charge in [0.05, 0.1) is 26.5 Å². The zero-order valence-corrected chi connectivity index (χ0v) is 17.5. The van der Waals surface area contributed by atoms with E-state index in [9.17, 15) is 4.79 Å². The molecule has 0 aliphatic rings. The molecule has 7 heteroatoms. The number of H-pyrrole nitrogens is 1. The third kappa shape index (κ3) is 5.31. The fourth-order valence-corrected chi connectivity index (χ4v) is 2.91. The summed E-state index contributed by atoms with van der Waals surface area (Å²) < 4.78 is 16.2. The highest BCUT2D eigenvalue weighted by Crippen LogP contribution is 2.25. The molecule has 0 saturated heterocycles. The molecule has 3 rings (SSSR count). The van der Waals surface area contributed by atoms with Gasteiger partial charge < -0.3 is 19.5 Å². The molecule has 0 radical (unpaired) electrons. The third-order valence-corrected chi connectivity index (χ3v) is 4.67. The number of methoxy groups -OCH3 is 2. The van der Waals surface area contributed by atoms with Crippen LogP contribution >= 0.6 is 0 Å². The maximum atomic E-state index is 12.5. The van der Waals surface area contributed by atoms with Gasteiger partial charge in [-0.2, -0.15) is 5.10 Å². The Kier molecular flexibility index (Phi) is 7.32. The number of benzene rings is 2. The second-order valence-electron chi connectivity index (χ2n) is 6.75. The molecule has 0 aliphatic carbocycles. The lowest BCUT2D eigenvalue weighted by molar-refractivity contribution is 0.0945. The van der Waals surface area contributed by atoms with Crippen molar-refractivity contribution in [2.75, 3.05) is 20.8 Å². The zero-order chi connectivity index (χ0) is 21.3. The highest BCUT2D eigenvalue weighted by molar-refractivity contribution is 5.93. The summed E-state index contributed by atoms with van der Waals surface area (Å²) in [4.78, 5) is 12.5. The van der Waals surface area contributed by atoms with Gasteiger partial charge in [-0.3, -0.25) is 9.89 Å². The maximum absolute atomic E-state index is 12.5. The molecule has 1 amide bonds. The normalized spacial score (nSPS) is 10.5. The quantitative estimate of drug-likeness (QED) is 0.490. The van der Waals surface area contributed by atoms with Crippen molar-refractivity contribution in [1.29, 1.82) is 0 Å². The first-order valence-corrected chi connectivity index (χ1v) is 9.92. The van der Waals surface area contributed by atoms with Crippen LogP contribution in [0.3, 0.4) is 0 Å². The highest BCUT2D eigenvalue weighted by atomic mass is 16.5. The van der Waals surface area contributed by atoms with Crippen LogP contribution in [-0.2, 0) is 6.54 Å². The molecule has 0 aliphatic heterocycles. The molecule has 7 nitrogen and oxygen atoms in total. The number of carbonyl (C=O) groups excluding carboxylic acids is 1. The molecule has 158 valence electrons. The minimum Gasteiger partial charge on any atom is -0.497 e. The van der Waals surface area contributed by atoms with Crippen molar-refractivity contribution in [1.82, 2.24) is 15.5 Å². The zero-order valence-electron chi connectivity index (χ0n) is 17.5. The van der Waals surface area contributed by atoms with E-state index >= 15 is 0 Å². The van der Waals surface area contributed by atoms with E-state index in [0.29, 0.717) is 36.0 Å². The number of nitrogens with zero attached hydrogens (tertiary/aromatic N) is 1. The van der Waals surface area contributed by atoms with Gasteiger partial charge in [-0.25, -0.2) is 0 Å². The van der Waals surface area contributed by atoms with Gasteiger partial charge in [-0.1, -0.05) is 13.3 Å². The number of rotatable bonds is 10. The first-order chi connectivity index (χ1) is 14.6. The van der Waals surface area contributed by atoms with Crippen LogP contribution in [0.25, 0.3) is 11.3 Å². The van der Waals surface area contributed by atoms with E-state index in [1.54, 1.807) is 26.4 Å². The van der Waals surface area contributed by atoms with Gasteiger partial charge in [0.2, 0.25) is 0 Å². The smallest absolute Gasteiger partial charge is 0.269 e. The fraction of sp³-hybridized carbons (Fsp3) is 0.304. The molecule has 1 heterocycles. The number of aromatic nitrogens is 2. The van der Waals surface area contributed by atoms with E-state index in [0.717, 1.165) is 29.7 Å². The van der Waals surface area contributed by atoms with Crippen molar-refractivity contribution < 1.29 is 19.0 Å². The van der Waals surface area contributed by atoms with E-state index in [2.05, 4.69) is 22.4 Å². The van der Waals surface area contributed by atoms with Gasteiger partial charge in [-0.05, 0) is 48.9 Å². The molecule has 0 saturated carbocycles. The first kappa shape index (κ1) is 21.2. The van der Waals surface area contributed by atoms with Crippen molar-refractivity contribution >= 4 is 5.91 Å². The molecule has 3 aromatic rings. The summed E-state index contributed by atoms with van der Waals surface area (Å²) >= 11 is 0. The Bertz CT molecular complexity index is 967. The Balaban J connectivity index is 1.61. The summed E-state index contributed by atoms with van der Waals surface area (Å²) in [5.41, 5.74) is 2.85. The van der Waals surface area contributed by atoms with Crippen molar-refractivity contribution in [3.05, 3.63) is 59.8 Å². The number of hydrogen-bond donors (Lipinski definition) is 2. The summed E-state index contributed by atoms with van der Waals surface area (Å²) in [7, 11) is 3.18. The van der Waals surface area contributed by atoms with Crippen molar-refractivity contribution in [2.45, 2.75) is 26.3 Å². The Morgan fingerprint density at radius 3 is 2.50 bits per heavy atom. The molecule has 0 bridgehead atoms. The monoisotopic (exact) mass is 409 g/mol. The maximum Gasteiger partial charge on any atom is 0.269 e. The van der Waals surface area contributed by atoms with E-state index in [1.165, 1.54) is 0 Å². The Labute approximate surface area is 176 Å². The lowest BCUT2D eigenvalue weighted by atomic mass is 10.1. The molecular formula is C23H27N3O4. The highest BCUT2D eigenvalue weighted by Gasteiger charge is 2.13. The van der Waals surface area contributed by atoms with Gasteiger partial charge >= 0.3 is 0 Å². The van der Waals surface area contributed by atoms with E-state index in [-0.39, 0.29) is 5.91 Å². The van der Waals surface area contributed by atoms with E-state index in [4.69, 9.17) is 14.2 Å². The molecule has 2 aromatic carbocycles. The number of nitrogens with one attached hydrogen (secondary N) is 2. The summed E-state index contributed by atoms with van der Waals surface area (Å²) in [6.45, 7) is 3.16. The number of carbonyl (C=O) groups is 1. The third-order valence-electron chi connectivity index (χ3n) is 4.67. The molecule has 0 unspecified atom stereocenters. The van der Waals surface area contributed by atoms with E-state index < -0.39 is 0 Å². The largest absolute Gasteiger partial charge is 0.497 e. The number of ether oxygens (including phenoxy) is 3. The summed E-state index contributed by atoms with van der Waals surface area (Å²) in [6.07, 6.45) is 2.13. The standard InChI is InChI=1S/C23H27N3O4/c1-4-5-12-30-18-9-6-16(7-10-18)20-14-21(26-25-20)23(27)24-15-17-8-11-19(28-2)13-22(17)29-3/h6-11,13-14H,4-5,12,15H2,1-3H3,(H,24,27)(H,25,26). The van der Waals surface area contributed by atoms with Crippen LogP contribution in [0.4, 0.5) is 0 Å². The molecular weight excluding hydrogens is 382 g/mol. The predicted octanol–water partition coefficient (Wildman–Crippen LogP) is 4.20. The van der Waals surface area contributed by atoms with Crippen LogP contribution in [0.2, 0.25) is 0 Å². The molecule has 30 heavy (non-hydrogen) atoms. The van der Waals surface area contributed by atoms with Gasteiger partial charge in [-0.15, -0.1) is 0 Å². The van der Waals surface area contributed by atoms with Gasteiger partial charge in [0, 0.05) is 23.7 Å². The van der Waals surface area contributed by atoms with Crippen molar-refractivity contribution in [3.63, 3.8) is 0 Å². The van der Waals surface area contributed by atoms with Crippen molar-refractivity contribution in [3.8, 4) is 28.5 Å². The average molecular weight is 409 g/mol. The van der Waals surface area contributed by atoms with Crippen LogP contribution < -0.4 is 19.5 Å². The average Bonchev–Trinajstić information content (AvgIpc) is 3.28. The number of hydrogen-bond acceptors (Lipinski definition) is 5. The van der Waals surface area contributed by atoms with Gasteiger partial charge in [0.1, 0.15) is 22.9 Å². The Morgan fingerprint density at radius 2 is 1.80 bits per heavy atom. The SMILES string of the molecule is CCCCOc1ccc(-c2cc(C(=O)NCc3ccc(OC)cc3OC)[nH]n2)cc1. The van der Waals surface area contributed by atoms with Crippen LogP contribution in [0.5, 0.6) is 17.2 Å². The van der Waals surface area contributed by atoms with Gasteiger partial charge in [0.15, 0.2) is 0 Å². The molecule has 0 fully saturated rings. The summed E-state index contributed by atoms with van der Waals surface area (Å²) in [6, 6.07) is 14.9. The summed E-state index contributed by atoms with van der Waals surface area (Å²) in [5.74, 6) is 1.93. The molecule has 0 spiro atoms. The van der Waals surface area contributed by atoms with Crippen LogP contribution in [0, 0.1) is 0 Å². The van der Waals surface area contributed by atoms with E-state index in [1.807, 2.05) is 36.4 Å². The van der Waals surface area contributed by atoms with Gasteiger partial charge in [0.25, 0.3) is 5.91 Å². The Hall–Kier alpha value is -3.48. The summed E-state index contributed by atoms with van der Waals surface area (Å²) in [5, 5.41) is 9.93. The topological polar surface area (TPSA) is 85.5 Å². The number of amides is 1. The molecule has 2 N–H and O–H groups in total. The minimum atomic E-state index is -0.244. The molecule has 1 aromatic heterocycles. The lowest BCUT2D eigenvalue weighted by Gasteiger charge is -2.10. The Morgan fingerprint density at radius 1 is 1.03 bits per heavy atom. The number of unbranched alkanes of at least 4 members (excludes halogenated alkanes) is 1.